The standard InChI is InChI=1S/C25H25.C8H11.CH2.2ClH.Zr/c1-14-12-24(3,4)22-8-16-7-17-9-23-19(15(2)13-25(23,5)6)11-21(17)20(16)10-18(14)22;1-6-4-7(2)8(3)5-6;;;;/h7-13H,1-6H3;4,6H,1-3H3;1H2;2*1H;/q;;;;;+2/p-2. The first-order chi connectivity index (χ1) is 16.3. The van der Waals surface area contributed by atoms with E-state index in [0.29, 0.717) is 9.54 Å². The van der Waals surface area contributed by atoms with Gasteiger partial charge in [0, 0.05) is 0 Å². The molecule has 1 atom stereocenters. The number of halogens is 2. The van der Waals surface area contributed by atoms with E-state index in [0.717, 1.165) is 0 Å². The SMILES string of the molecule is [CH2]=[Zr+2]([C]1=C(C)C(C)=CC1C)[CH]1c2cc3c(cc2-c2cc4c(cc21)C(C)(C)C=C4C)C(C)=CC3(C)C.[Cl-].[Cl-]. The summed E-state index contributed by atoms with van der Waals surface area (Å²) in [6.45, 7) is 21.1. The van der Waals surface area contributed by atoms with E-state index in [1.54, 1.807) is 14.4 Å². The Hall–Kier alpha value is -1.27. The van der Waals surface area contributed by atoms with E-state index < -0.39 is 21.3 Å². The molecule has 0 fully saturated rings. The molecule has 1 unspecified atom stereocenters. The second kappa shape index (κ2) is 9.15. The molecule has 0 nitrogen and oxygen atoms in total. The van der Waals surface area contributed by atoms with Gasteiger partial charge < -0.3 is 24.8 Å². The van der Waals surface area contributed by atoms with E-state index in [1.165, 1.54) is 55.7 Å². The van der Waals surface area contributed by atoms with Gasteiger partial charge in [-0.3, -0.25) is 0 Å². The fourth-order valence-electron chi connectivity index (χ4n) is 7.66. The molecule has 0 amide bonds. The van der Waals surface area contributed by atoms with Crippen molar-refractivity contribution in [1.29, 1.82) is 0 Å². The van der Waals surface area contributed by atoms with Crippen molar-refractivity contribution in [3.8, 4) is 11.1 Å². The fraction of sp³-hybridized carbons (Fsp3) is 0.382. The third-order valence-electron chi connectivity index (χ3n) is 9.33. The van der Waals surface area contributed by atoms with Crippen LogP contribution in [0.4, 0.5) is 0 Å². The van der Waals surface area contributed by atoms with Crippen molar-refractivity contribution in [1.82, 2.24) is 0 Å². The van der Waals surface area contributed by atoms with Gasteiger partial charge in [0.2, 0.25) is 0 Å². The molecule has 0 aliphatic heterocycles. The molecule has 0 aromatic heterocycles. The van der Waals surface area contributed by atoms with Crippen molar-refractivity contribution in [2.45, 2.75) is 76.8 Å². The summed E-state index contributed by atoms with van der Waals surface area (Å²) in [7, 11) is 0. The average Bonchev–Trinajstić information content (AvgIpc) is 3.37. The van der Waals surface area contributed by atoms with Gasteiger partial charge in [-0.25, -0.2) is 0 Å². The Kier molecular flexibility index (Phi) is 7.10. The minimum atomic E-state index is -2.30. The second-order valence-electron chi connectivity index (χ2n) is 12.7. The number of benzene rings is 2. The zero-order chi connectivity index (χ0) is 25.2. The molecular weight excluding hydrogens is 571 g/mol. The van der Waals surface area contributed by atoms with Gasteiger partial charge in [0.15, 0.2) is 0 Å². The smallest absolute Gasteiger partial charge is 1.00 e. The van der Waals surface area contributed by atoms with Crippen molar-refractivity contribution in [2.75, 3.05) is 0 Å². The molecule has 2 aromatic rings. The number of allylic oxidation sites excluding steroid dienone is 8. The van der Waals surface area contributed by atoms with E-state index in [9.17, 15) is 0 Å². The maximum absolute atomic E-state index is 5.10. The van der Waals surface area contributed by atoms with Crippen molar-refractivity contribution in [3.63, 3.8) is 0 Å². The first kappa shape index (κ1) is 28.7. The van der Waals surface area contributed by atoms with Crippen LogP contribution in [0.25, 0.3) is 22.3 Å². The normalized spacial score (nSPS) is 21.5. The predicted molar refractivity (Wildman–Crippen MR) is 150 cm³/mol. The van der Waals surface area contributed by atoms with Crippen molar-refractivity contribution < 1.29 is 46.1 Å². The molecule has 192 valence electrons. The van der Waals surface area contributed by atoms with Crippen LogP contribution in [0.1, 0.15) is 99.3 Å². The Bertz CT molecular complexity index is 1420. The summed E-state index contributed by atoms with van der Waals surface area (Å²) in [5, 5.41) is 0. The summed E-state index contributed by atoms with van der Waals surface area (Å²) in [6.07, 6.45) is 7.40. The maximum atomic E-state index is 5.10. The minimum Gasteiger partial charge on any atom is -1.00 e. The molecule has 0 spiro atoms. The number of hydrogen-bond donors (Lipinski definition) is 0. The van der Waals surface area contributed by atoms with Crippen LogP contribution in [0.3, 0.4) is 0 Å². The van der Waals surface area contributed by atoms with Crippen LogP contribution in [0.5, 0.6) is 0 Å². The molecule has 0 bridgehead atoms. The summed E-state index contributed by atoms with van der Waals surface area (Å²) in [4.78, 5) is 0. The quantitative estimate of drug-likeness (QED) is 0.492. The van der Waals surface area contributed by atoms with Gasteiger partial charge in [0.05, 0.1) is 0 Å². The Morgan fingerprint density at radius 3 is 1.49 bits per heavy atom. The van der Waals surface area contributed by atoms with E-state index in [2.05, 4.69) is 105 Å². The number of hydrogen-bond acceptors (Lipinski definition) is 0. The topological polar surface area (TPSA) is 0 Å². The molecule has 37 heavy (non-hydrogen) atoms. The molecule has 6 rings (SSSR count). The number of rotatable bonds is 2. The van der Waals surface area contributed by atoms with E-state index in [1.807, 2.05) is 0 Å². The van der Waals surface area contributed by atoms with Crippen LogP contribution in [0.2, 0.25) is 0 Å². The summed E-state index contributed by atoms with van der Waals surface area (Å²) in [5.41, 5.74) is 18.0. The zero-order valence-corrected chi connectivity index (χ0v) is 27.6. The van der Waals surface area contributed by atoms with Crippen LogP contribution in [0.15, 0.2) is 56.9 Å². The van der Waals surface area contributed by atoms with Gasteiger partial charge in [0.1, 0.15) is 0 Å². The monoisotopic (exact) mass is 606 g/mol. The summed E-state index contributed by atoms with van der Waals surface area (Å²) in [6, 6.07) is 10.3. The van der Waals surface area contributed by atoms with Crippen molar-refractivity contribution in [2.24, 2.45) is 5.92 Å². The maximum Gasteiger partial charge on any atom is -1.00 e. The molecule has 0 heterocycles. The van der Waals surface area contributed by atoms with Gasteiger partial charge in [-0.2, -0.15) is 0 Å². The van der Waals surface area contributed by atoms with Gasteiger partial charge in [-0.1, -0.05) is 0 Å². The second-order valence-corrected chi connectivity index (χ2v) is 18.0. The first-order valence-electron chi connectivity index (χ1n) is 13.2. The van der Waals surface area contributed by atoms with Crippen LogP contribution >= 0.6 is 0 Å². The van der Waals surface area contributed by atoms with Crippen LogP contribution < -0.4 is 24.8 Å². The summed E-state index contributed by atoms with van der Waals surface area (Å²) < 4.78 is 7.31. The third kappa shape index (κ3) is 3.98. The minimum absolute atomic E-state index is 0. The van der Waals surface area contributed by atoms with E-state index >= 15 is 0 Å². The predicted octanol–water partition coefficient (Wildman–Crippen LogP) is 3.07. The molecule has 4 aliphatic rings. The van der Waals surface area contributed by atoms with Gasteiger partial charge >= 0.3 is 221 Å². The molecule has 2 aromatic carbocycles. The molecule has 0 saturated heterocycles. The molecule has 0 saturated carbocycles. The Morgan fingerprint density at radius 1 is 0.676 bits per heavy atom. The van der Waals surface area contributed by atoms with Crippen molar-refractivity contribution in [3.05, 3.63) is 90.3 Å². The Labute approximate surface area is 244 Å². The van der Waals surface area contributed by atoms with Crippen LogP contribution in [-0.2, 0) is 32.1 Å². The molecule has 0 radical (unpaired) electrons. The largest absolute Gasteiger partial charge is 1.00 e. The number of fused-ring (bicyclic) bond motifs is 5. The Balaban J connectivity index is 0.00000160. The average molecular weight is 609 g/mol. The molecule has 0 N–H and O–H groups in total. The third-order valence-corrected chi connectivity index (χ3v) is 16.3. The van der Waals surface area contributed by atoms with Crippen LogP contribution in [-0.4, -0.2) is 4.21 Å². The van der Waals surface area contributed by atoms with E-state index in [-0.39, 0.29) is 35.6 Å². The summed E-state index contributed by atoms with van der Waals surface area (Å²) in [5.74, 6) is 0.541. The van der Waals surface area contributed by atoms with Gasteiger partial charge in [-0.05, 0) is 0 Å². The van der Waals surface area contributed by atoms with Gasteiger partial charge in [-0.15, -0.1) is 0 Å². The van der Waals surface area contributed by atoms with Crippen LogP contribution in [0, 0.1) is 5.92 Å². The molecular formula is C34H38Cl2Zr. The summed E-state index contributed by atoms with van der Waals surface area (Å²) >= 11 is -2.30. The molecule has 3 heteroatoms. The Morgan fingerprint density at radius 2 is 1.11 bits per heavy atom. The van der Waals surface area contributed by atoms with Crippen molar-refractivity contribution >= 4 is 15.4 Å². The van der Waals surface area contributed by atoms with E-state index in [4.69, 9.17) is 4.21 Å². The van der Waals surface area contributed by atoms with Gasteiger partial charge in [0.25, 0.3) is 0 Å². The zero-order valence-electron chi connectivity index (χ0n) is 23.7. The molecule has 4 aliphatic carbocycles. The first-order valence-corrected chi connectivity index (χ1v) is 17.6. The fourth-order valence-corrected chi connectivity index (χ4v) is 14.8.